The average Bonchev–Trinajstić information content (AvgIpc) is 2.47. The van der Waals surface area contributed by atoms with E-state index in [0.29, 0.717) is 0 Å². The van der Waals surface area contributed by atoms with E-state index in [0.717, 1.165) is 34.0 Å². The standard InChI is InChI=1S/C11H11NO/c1-7-5-10-8(2)9(6-13)3-4-11(10)12-7/h3-6,12H,1-2H3. The van der Waals surface area contributed by atoms with Crippen molar-refractivity contribution in [2.24, 2.45) is 0 Å². The summed E-state index contributed by atoms with van der Waals surface area (Å²) in [5, 5.41) is 1.14. The molecule has 0 saturated heterocycles. The smallest absolute Gasteiger partial charge is 0.150 e. The van der Waals surface area contributed by atoms with E-state index in [1.807, 2.05) is 26.0 Å². The van der Waals surface area contributed by atoms with E-state index in [-0.39, 0.29) is 0 Å². The molecule has 13 heavy (non-hydrogen) atoms. The normalized spacial score (nSPS) is 10.6. The number of rotatable bonds is 1. The second-order valence-electron chi connectivity index (χ2n) is 3.31. The number of H-pyrrole nitrogens is 1. The van der Waals surface area contributed by atoms with Crippen molar-refractivity contribution < 1.29 is 4.79 Å². The van der Waals surface area contributed by atoms with Crippen LogP contribution in [-0.4, -0.2) is 11.3 Å². The number of benzene rings is 1. The third kappa shape index (κ3) is 1.15. The van der Waals surface area contributed by atoms with Crippen LogP contribution in [0.1, 0.15) is 21.6 Å². The van der Waals surface area contributed by atoms with Crippen molar-refractivity contribution in [1.82, 2.24) is 4.98 Å². The molecule has 0 fully saturated rings. The van der Waals surface area contributed by atoms with Crippen molar-refractivity contribution in [2.45, 2.75) is 13.8 Å². The first-order valence-electron chi connectivity index (χ1n) is 4.26. The highest BCUT2D eigenvalue weighted by Crippen LogP contribution is 2.21. The quantitative estimate of drug-likeness (QED) is 0.660. The molecule has 1 aromatic heterocycles. The maximum absolute atomic E-state index is 10.7. The molecule has 0 aliphatic rings. The summed E-state index contributed by atoms with van der Waals surface area (Å²) < 4.78 is 0. The molecule has 66 valence electrons. The zero-order chi connectivity index (χ0) is 9.42. The molecule has 1 N–H and O–H groups in total. The van der Waals surface area contributed by atoms with E-state index in [1.165, 1.54) is 0 Å². The van der Waals surface area contributed by atoms with Crippen molar-refractivity contribution in [3.8, 4) is 0 Å². The summed E-state index contributed by atoms with van der Waals surface area (Å²) in [5.41, 5.74) is 4.05. The van der Waals surface area contributed by atoms with Gasteiger partial charge in [0.25, 0.3) is 0 Å². The predicted molar refractivity (Wildman–Crippen MR) is 53.2 cm³/mol. The Labute approximate surface area is 76.6 Å². The number of aromatic amines is 1. The van der Waals surface area contributed by atoms with Crippen LogP contribution in [0.5, 0.6) is 0 Å². The van der Waals surface area contributed by atoms with Gasteiger partial charge >= 0.3 is 0 Å². The number of aldehydes is 1. The lowest BCUT2D eigenvalue weighted by atomic mass is 10.1. The van der Waals surface area contributed by atoms with Crippen LogP contribution in [0.3, 0.4) is 0 Å². The van der Waals surface area contributed by atoms with Crippen LogP contribution in [-0.2, 0) is 0 Å². The Morgan fingerprint density at radius 1 is 1.31 bits per heavy atom. The molecule has 0 bridgehead atoms. The topological polar surface area (TPSA) is 32.9 Å². The fourth-order valence-corrected chi connectivity index (χ4v) is 1.63. The monoisotopic (exact) mass is 173 g/mol. The molecule has 0 amide bonds. The van der Waals surface area contributed by atoms with Gasteiger partial charge < -0.3 is 4.98 Å². The molecule has 1 aromatic carbocycles. The number of hydrogen-bond acceptors (Lipinski definition) is 1. The Bertz CT molecular complexity index is 468. The van der Waals surface area contributed by atoms with Crippen LogP contribution in [0.2, 0.25) is 0 Å². The molecule has 0 atom stereocenters. The largest absolute Gasteiger partial charge is 0.359 e. The van der Waals surface area contributed by atoms with Crippen molar-refractivity contribution in [1.29, 1.82) is 0 Å². The number of hydrogen-bond donors (Lipinski definition) is 1. The van der Waals surface area contributed by atoms with Gasteiger partial charge in [-0.1, -0.05) is 0 Å². The van der Waals surface area contributed by atoms with Gasteiger partial charge in [0.15, 0.2) is 0 Å². The van der Waals surface area contributed by atoms with Gasteiger partial charge in [0.2, 0.25) is 0 Å². The van der Waals surface area contributed by atoms with E-state index in [2.05, 4.69) is 11.1 Å². The summed E-state index contributed by atoms with van der Waals surface area (Å²) >= 11 is 0. The molecular weight excluding hydrogens is 162 g/mol. The average molecular weight is 173 g/mol. The molecule has 0 aliphatic carbocycles. The third-order valence-corrected chi connectivity index (χ3v) is 2.38. The molecule has 2 nitrogen and oxygen atoms in total. The fraction of sp³-hybridized carbons (Fsp3) is 0.182. The van der Waals surface area contributed by atoms with Crippen molar-refractivity contribution >= 4 is 17.2 Å². The Morgan fingerprint density at radius 3 is 2.77 bits per heavy atom. The first-order chi connectivity index (χ1) is 6.22. The predicted octanol–water partition coefficient (Wildman–Crippen LogP) is 2.60. The lowest BCUT2D eigenvalue weighted by Gasteiger charge is -1.98. The van der Waals surface area contributed by atoms with Crippen molar-refractivity contribution in [3.05, 3.63) is 35.0 Å². The van der Waals surface area contributed by atoms with Crippen LogP contribution in [0.15, 0.2) is 18.2 Å². The van der Waals surface area contributed by atoms with Gasteiger partial charge in [-0.2, -0.15) is 0 Å². The SMILES string of the molecule is Cc1cc2c(C)c(C=O)ccc2[nH]1. The van der Waals surface area contributed by atoms with E-state index >= 15 is 0 Å². The molecule has 0 unspecified atom stereocenters. The van der Waals surface area contributed by atoms with Gasteiger partial charge in [-0.25, -0.2) is 0 Å². The Morgan fingerprint density at radius 2 is 2.08 bits per heavy atom. The maximum atomic E-state index is 10.7. The highest BCUT2D eigenvalue weighted by Gasteiger charge is 2.04. The van der Waals surface area contributed by atoms with E-state index in [4.69, 9.17) is 0 Å². The van der Waals surface area contributed by atoms with Crippen LogP contribution in [0.4, 0.5) is 0 Å². The van der Waals surface area contributed by atoms with Gasteiger partial charge in [-0.3, -0.25) is 4.79 Å². The molecule has 2 rings (SSSR count). The minimum Gasteiger partial charge on any atom is -0.359 e. The summed E-state index contributed by atoms with van der Waals surface area (Å²) in [6.45, 7) is 3.99. The van der Waals surface area contributed by atoms with Crippen LogP contribution >= 0.6 is 0 Å². The molecule has 2 aromatic rings. The number of aryl methyl sites for hydroxylation is 2. The van der Waals surface area contributed by atoms with Crippen molar-refractivity contribution in [3.63, 3.8) is 0 Å². The zero-order valence-electron chi connectivity index (χ0n) is 7.72. The highest BCUT2D eigenvalue weighted by molar-refractivity contribution is 5.91. The second kappa shape index (κ2) is 2.73. The summed E-state index contributed by atoms with van der Waals surface area (Å²) in [6, 6.07) is 5.86. The fourth-order valence-electron chi connectivity index (χ4n) is 1.63. The molecule has 0 radical (unpaired) electrons. The number of nitrogens with one attached hydrogen (secondary N) is 1. The molecule has 0 spiro atoms. The van der Waals surface area contributed by atoms with Crippen molar-refractivity contribution in [2.75, 3.05) is 0 Å². The van der Waals surface area contributed by atoms with E-state index in [1.54, 1.807) is 0 Å². The molecular formula is C11H11NO. The number of aromatic nitrogens is 1. The van der Waals surface area contributed by atoms with E-state index < -0.39 is 0 Å². The number of fused-ring (bicyclic) bond motifs is 1. The van der Waals surface area contributed by atoms with E-state index in [9.17, 15) is 4.79 Å². The highest BCUT2D eigenvalue weighted by atomic mass is 16.1. The van der Waals surface area contributed by atoms with Crippen LogP contribution in [0.25, 0.3) is 10.9 Å². The zero-order valence-corrected chi connectivity index (χ0v) is 7.72. The molecule has 0 saturated carbocycles. The van der Waals surface area contributed by atoms with Gasteiger partial charge in [-0.05, 0) is 37.6 Å². The Kier molecular flexibility index (Phi) is 1.69. The van der Waals surface area contributed by atoms with Gasteiger partial charge in [0.05, 0.1) is 0 Å². The first kappa shape index (κ1) is 8.05. The summed E-state index contributed by atoms with van der Waals surface area (Å²) in [6.07, 6.45) is 0.900. The minimum absolute atomic E-state index is 0.770. The first-order valence-corrected chi connectivity index (χ1v) is 4.26. The lowest BCUT2D eigenvalue weighted by Crippen LogP contribution is -1.85. The van der Waals surface area contributed by atoms with Gasteiger partial charge in [0, 0.05) is 22.2 Å². The second-order valence-corrected chi connectivity index (χ2v) is 3.31. The maximum Gasteiger partial charge on any atom is 0.150 e. The molecule has 0 aliphatic heterocycles. The minimum atomic E-state index is 0.770. The summed E-state index contributed by atoms with van der Waals surface area (Å²) in [5.74, 6) is 0. The summed E-state index contributed by atoms with van der Waals surface area (Å²) in [4.78, 5) is 13.9. The van der Waals surface area contributed by atoms with Gasteiger partial charge in [-0.15, -0.1) is 0 Å². The van der Waals surface area contributed by atoms with Gasteiger partial charge in [0.1, 0.15) is 6.29 Å². The lowest BCUT2D eigenvalue weighted by molar-refractivity contribution is 0.112. The third-order valence-electron chi connectivity index (χ3n) is 2.38. The molecule has 2 heteroatoms. The number of carbonyl (C=O) groups excluding carboxylic acids is 1. The van der Waals surface area contributed by atoms with Crippen LogP contribution < -0.4 is 0 Å². The Balaban J connectivity index is 2.85. The number of carbonyl (C=O) groups is 1. The summed E-state index contributed by atoms with van der Waals surface area (Å²) in [7, 11) is 0. The van der Waals surface area contributed by atoms with Crippen LogP contribution in [0, 0.1) is 13.8 Å². The Hall–Kier alpha value is -1.57. The molecule has 1 heterocycles.